The van der Waals surface area contributed by atoms with Crippen LogP contribution in [0, 0.1) is 11.8 Å². The Labute approximate surface area is 437 Å². The average Bonchev–Trinajstić information content (AvgIpc) is 3.97. The second kappa shape index (κ2) is 24.3. The van der Waals surface area contributed by atoms with Crippen LogP contribution in [0.1, 0.15) is 92.3 Å². The first-order chi connectivity index (χ1) is 35.3. The van der Waals surface area contributed by atoms with Crippen molar-refractivity contribution in [3.63, 3.8) is 0 Å². The molecule has 4 aromatic rings. The number of carbonyl (C=O) groups is 6. The summed E-state index contributed by atoms with van der Waals surface area (Å²) in [6.07, 6.45) is -1.52. The van der Waals surface area contributed by atoms with E-state index < -0.39 is 35.5 Å². The number of piperazine rings is 1. The Hall–Kier alpha value is -6.79. The van der Waals surface area contributed by atoms with Gasteiger partial charge in [0.2, 0.25) is 5.91 Å². The number of aromatic nitrogens is 5. The van der Waals surface area contributed by atoms with Crippen LogP contribution < -0.4 is 15.7 Å². The summed E-state index contributed by atoms with van der Waals surface area (Å²) in [4.78, 5) is 91.3. The van der Waals surface area contributed by atoms with Crippen LogP contribution in [-0.4, -0.2) is 177 Å². The number of ether oxygens (including phenoxy) is 3. The third-order valence-electron chi connectivity index (χ3n) is 12.7. The molecule has 0 spiro atoms. The number of halogens is 4. The number of carboxylic acid groups (broad SMARTS) is 1. The highest BCUT2D eigenvalue weighted by molar-refractivity contribution is 6.34. The van der Waals surface area contributed by atoms with Gasteiger partial charge in [-0.05, 0) is 71.9 Å². The predicted octanol–water partition coefficient (Wildman–Crippen LogP) is 4.85. The first-order valence-corrected chi connectivity index (χ1v) is 24.9. The Bertz CT molecular complexity index is 2650. The summed E-state index contributed by atoms with van der Waals surface area (Å²) in [5.41, 5.74) is -0.966. The molecule has 25 heteroatoms. The van der Waals surface area contributed by atoms with Crippen molar-refractivity contribution in [1.82, 2.24) is 39.8 Å². The molecule has 3 aliphatic heterocycles. The van der Waals surface area contributed by atoms with Crippen LogP contribution in [0.5, 0.6) is 0 Å². The van der Waals surface area contributed by atoms with Crippen LogP contribution in [0.3, 0.4) is 0 Å². The molecule has 0 bridgehead atoms. The van der Waals surface area contributed by atoms with E-state index >= 15 is 0 Å². The van der Waals surface area contributed by atoms with Crippen LogP contribution in [0.25, 0.3) is 11.4 Å². The van der Waals surface area contributed by atoms with Gasteiger partial charge in [0.25, 0.3) is 11.8 Å². The van der Waals surface area contributed by atoms with Gasteiger partial charge in [0, 0.05) is 114 Å². The summed E-state index contributed by atoms with van der Waals surface area (Å²) >= 11 is 6.61. The van der Waals surface area contributed by atoms with Crippen molar-refractivity contribution in [3.8, 4) is 11.4 Å². The molecule has 21 nitrogen and oxygen atoms in total. The van der Waals surface area contributed by atoms with Gasteiger partial charge in [0.15, 0.2) is 18.1 Å². The van der Waals surface area contributed by atoms with E-state index in [0.29, 0.717) is 82.0 Å². The van der Waals surface area contributed by atoms with Crippen molar-refractivity contribution < 1.29 is 65.7 Å². The summed E-state index contributed by atoms with van der Waals surface area (Å²) in [7, 11) is 1.57. The summed E-state index contributed by atoms with van der Waals surface area (Å²) in [5.74, 6) is -1.56. The number of hydrogen-bond donors (Lipinski definition) is 4. The molecule has 1 aromatic carbocycles. The van der Waals surface area contributed by atoms with Gasteiger partial charge in [-0.2, -0.15) is 18.3 Å². The minimum atomic E-state index is -4.78. The van der Waals surface area contributed by atoms with Gasteiger partial charge >= 0.3 is 18.2 Å². The molecule has 0 aliphatic carbocycles. The predicted molar refractivity (Wildman–Crippen MR) is 266 cm³/mol. The number of amides is 4. The lowest BCUT2D eigenvalue weighted by Gasteiger charge is -2.49. The number of pyridine rings is 1. The molecule has 0 saturated carbocycles. The molecule has 4 amide bonds. The highest BCUT2D eigenvalue weighted by Crippen LogP contribution is 2.36. The maximum atomic E-state index is 14.1. The average molecular weight is 1070 g/mol. The Morgan fingerprint density at radius 1 is 0.893 bits per heavy atom. The zero-order valence-corrected chi connectivity index (χ0v) is 43.9. The fourth-order valence-electron chi connectivity index (χ4n) is 9.32. The van der Waals surface area contributed by atoms with Gasteiger partial charge in [-0.25, -0.2) is 14.6 Å². The normalized spacial score (nSPS) is 18.3. The van der Waals surface area contributed by atoms with Crippen molar-refractivity contribution in [1.29, 1.82) is 0 Å². The molecular weight excluding hydrogens is 1010 g/mol. The number of rotatable bonds is 15. The number of imidazole rings is 1. The monoisotopic (exact) mass is 1070 g/mol. The summed E-state index contributed by atoms with van der Waals surface area (Å²) < 4.78 is 59.1. The zero-order chi connectivity index (χ0) is 54.9. The van der Waals surface area contributed by atoms with Crippen LogP contribution in [0.2, 0.25) is 5.02 Å². The molecule has 0 radical (unpaired) electrons. The van der Waals surface area contributed by atoms with Crippen LogP contribution in [0.4, 0.5) is 29.3 Å². The maximum absolute atomic E-state index is 14.1. The third kappa shape index (κ3) is 15.6. The zero-order valence-electron chi connectivity index (χ0n) is 43.1. The quantitative estimate of drug-likeness (QED) is 0.0537. The summed E-state index contributed by atoms with van der Waals surface area (Å²) in [6, 6.07) is 7.65. The van der Waals surface area contributed by atoms with Crippen molar-refractivity contribution >= 4 is 59.2 Å². The largest absolute Gasteiger partial charge is 0.554 e. The highest BCUT2D eigenvalue weighted by Gasteiger charge is 2.46. The molecule has 4 N–H and O–H groups in total. The van der Waals surface area contributed by atoms with Crippen molar-refractivity contribution in [2.24, 2.45) is 11.8 Å². The SMILES string of the molecule is COCCNc1ccc(-c2[nH]nc(C(F)(F)F)c2Cc2cnc(C(=O)Nc3ccc(C(=O)N4CCN(C(=O)C5CC[N+](CC(=O)OC(C)(C)C)(CC6CN(C(=O)OC(C)(C)C)C6)CC5)CC4)c(Cl)c3)[nH]2)nc1.O=C[O-]. The van der Waals surface area contributed by atoms with Gasteiger partial charge in [-0.15, -0.1) is 0 Å². The fraction of sp³-hybridized carbons (Fsp3) is 0.540. The van der Waals surface area contributed by atoms with Gasteiger partial charge in [0.1, 0.15) is 11.2 Å². The smallest absolute Gasteiger partial charge is 0.435 e. The fourth-order valence-corrected chi connectivity index (χ4v) is 9.58. The lowest BCUT2D eigenvalue weighted by atomic mass is 9.90. The summed E-state index contributed by atoms with van der Waals surface area (Å²) in [5, 5.41) is 20.1. The standard InChI is InChI=1S/C49H63ClF3N11O8.CH2O2/c1-47(2,3)71-39(65)29-64(28-30-26-63(27-30)46(69)72-48(4,5)6)19-12-31(13-20-64)44(67)61-15-17-62(18-16-61)45(68)35-10-8-32(23-37(35)50)58-43(66)42-56-25-34(57-42)22-36-40(59-60-41(36)49(51,52)53)38-11-9-33(24-55-38)54-14-21-70-7;2-1-3/h8-11,23-25,30-31H,12-22,26-29H2,1-7H3,(H3-,54,55,56,57,58,59,60,66,68);1H,(H,2,3). The number of esters is 1. The van der Waals surface area contributed by atoms with E-state index in [9.17, 15) is 37.1 Å². The first kappa shape index (κ1) is 57.5. The second-order valence-electron chi connectivity index (χ2n) is 20.8. The van der Waals surface area contributed by atoms with Crippen LogP contribution >= 0.6 is 11.6 Å². The number of aromatic amines is 2. The number of nitrogens with zero attached hydrogens (tertiary/aromatic N) is 7. The minimum absolute atomic E-state index is 0.0155. The van der Waals surface area contributed by atoms with Gasteiger partial charge in [-0.1, -0.05) is 11.6 Å². The number of alkyl halides is 3. The van der Waals surface area contributed by atoms with E-state index in [1.54, 1.807) is 33.9 Å². The van der Waals surface area contributed by atoms with Crippen molar-refractivity contribution in [3.05, 3.63) is 76.1 Å². The van der Waals surface area contributed by atoms with Crippen LogP contribution in [0.15, 0.2) is 42.7 Å². The lowest BCUT2D eigenvalue weighted by Crippen LogP contribution is -2.64. The Morgan fingerprint density at radius 3 is 2.12 bits per heavy atom. The Morgan fingerprint density at radius 2 is 1.53 bits per heavy atom. The summed E-state index contributed by atoms with van der Waals surface area (Å²) in [6.45, 7) is 15.8. The maximum Gasteiger partial charge on any atom is 0.435 e. The third-order valence-corrected chi connectivity index (χ3v) is 13.0. The molecule has 3 fully saturated rings. The Kier molecular flexibility index (Phi) is 18.6. The molecule has 0 atom stereocenters. The number of benzene rings is 1. The number of anilines is 2. The number of carbonyl (C=O) groups excluding carboxylic acids is 6. The molecule has 3 aliphatic rings. The number of likely N-dealkylation sites (tertiary alicyclic amines) is 2. The van der Waals surface area contributed by atoms with E-state index in [2.05, 4.69) is 35.8 Å². The first-order valence-electron chi connectivity index (χ1n) is 24.5. The molecule has 3 saturated heterocycles. The van der Waals surface area contributed by atoms with E-state index in [-0.39, 0.29) is 107 Å². The van der Waals surface area contributed by atoms with Gasteiger partial charge in [-0.3, -0.25) is 24.5 Å². The molecule has 3 aromatic heterocycles. The van der Waals surface area contributed by atoms with Gasteiger partial charge < -0.3 is 58.9 Å². The van der Waals surface area contributed by atoms with Gasteiger partial charge in [0.05, 0.1) is 60.1 Å². The van der Waals surface area contributed by atoms with E-state index in [1.165, 1.54) is 30.6 Å². The molecule has 6 heterocycles. The topological polar surface area (TPSA) is 257 Å². The lowest BCUT2D eigenvalue weighted by molar-refractivity contribution is -0.930. The molecule has 75 heavy (non-hydrogen) atoms. The number of quaternary nitrogens is 1. The van der Waals surface area contributed by atoms with E-state index in [0.717, 1.165) is 0 Å². The van der Waals surface area contributed by atoms with E-state index in [4.69, 9.17) is 35.7 Å². The minimum Gasteiger partial charge on any atom is -0.554 e. The highest BCUT2D eigenvalue weighted by atomic mass is 35.5. The molecule has 0 unspecified atom stereocenters. The number of nitrogens with one attached hydrogen (secondary N) is 4. The van der Waals surface area contributed by atoms with Crippen molar-refractivity contribution in [2.75, 3.05) is 96.3 Å². The number of hydrogen-bond acceptors (Lipinski definition) is 14. The number of methoxy groups -OCH3 is 1. The second-order valence-corrected chi connectivity index (χ2v) is 21.2. The number of piperidine rings is 1. The van der Waals surface area contributed by atoms with Crippen molar-refractivity contribution in [2.45, 2.75) is 78.2 Å². The molecular formula is C50H65ClF3N11O10. The van der Waals surface area contributed by atoms with E-state index in [1.807, 2.05) is 41.5 Å². The molecule has 408 valence electrons. The van der Waals surface area contributed by atoms with Crippen LogP contribution in [-0.2, 0) is 41.2 Å². The number of H-pyrrole nitrogens is 2. The Balaban J connectivity index is 0.00000297. The molecule has 7 rings (SSSR count).